The number of urea groups is 1. The lowest BCUT2D eigenvalue weighted by molar-refractivity contribution is -0.119. The molecule has 8 heteroatoms. The molecule has 2 N–H and O–H groups in total. The fourth-order valence-corrected chi connectivity index (χ4v) is 4.85. The number of nitrogens with one attached hydrogen (secondary N) is 2. The zero-order valence-electron chi connectivity index (χ0n) is 19.3. The van der Waals surface area contributed by atoms with Gasteiger partial charge in [0.1, 0.15) is 6.04 Å². The number of nitrogens with zero attached hydrogens (tertiary/aromatic N) is 2. The van der Waals surface area contributed by atoms with Crippen molar-refractivity contribution in [1.82, 2.24) is 9.80 Å². The van der Waals surface area contributed by atoms with Gasteiger partial charge in [-0.25, -0.2) is 4.79 Å². The minimum atomic E-state index is -0.621. The number of methoxy groups -OCH3 is 1. The minimum Gasteiger partial charge on any atom is -0.380 e. The Bertz CT molecular complexity index is 1010. The van der Waals surface area contributed by atoms with Crippen molar-refractivity contribution in [1.29, 1.82) is 0 Å². The highest BCUT2D eigenvalue weighted by atomic mass is 35.5. The SMILES string of the molecule is CO[C@@H]1C[C@H](C(=O)Nc2ccc3c(c2)[C@H](C)CN(C)CC3)N(C(=O)Nc2ccc(Cl)cc2)C1. The lowest BCUT2D eigenvalue weighted by Gasteiger charge is -2.24. The van der Waals surface area contributed by atoms with E-state index in [1.165, 1.54) is 11.1 Å². The maximum absolute atomic E-state index is 13.2. The van der Waals surface area contributed by atoms with E-state index in [1.54, 1.807) is 36.3 Å². The normalized spacial score (nSPS) is 23.0. The van der Waals surface area contributed by atoms with Gasteiger partial charge in [-0.1, -0.05) is 24.6 Å². The second-order valence-corrected chi connectivity index (χ2v) is 9.45. The summed E-state index contributed by atoms with van der Waals surface area (Å²) >= 11 is 5.93. The van der Waals surface area contributed by atoms with Crippen LogP contribution in [0.15, 0.2) is 42.5 Å². The molecule has 4 rings (SSSR count). The van der Waals surface area contributed by atoms with Crippen LogP contribution in [0.2, 0.25) is 5.02 Å². The summed E-state index contributed by atoms with van der Waals surface area (Å²) in [5, 5.41) is 6.48. The second kappa shape index (κ2) is 10.1. The summed E-state index contributed by atoms with van der Waals surface area (Å²) in [5.74, 6) is 0.175. The molecule has 1 fully saturated rings. The molecule has 1 saturated heterocycles. The molecule has 0 saturated carbocycles. The van der Waals surface area contributed by atoms with Crippen LogP contribution in [0, 0.1) is 0 Å². The van der Waals surface area contributed by atoms with E-state index < -0.39 is 6.04 Å². The third-order valence-corrected chi connectivity index (χ3v) is 6.80. The van der Waals surface area contributed by atoms with Crippen molar-refractivity contribution in [3.8, 4) is 0 Å². The molecule has 2 heterocycles. The maximum atomic E-state index is 13.2. The van der Waals surface area contributed by atoms with Crippen molar-refractivity contribution in [2.75, 3.05) is 44.4 Å². The van der Waals surface area contributed by atoms with E-state index in [9.17, 15) is 9.59 Å². The Hall–Kier alpha value is -2.61. The molecule has 0 radical (unpaired) electrons. The summed E-state index contributed by atoms with van der Waals surface area (Å²) in [4.78, 5) is 30.1. The van der Waals surface area contributed by atoms with E-state index in [0.29, 0.717) is 29.6 Å². The van der Waals surface area contributed by atoms with E-state index in [-0.39, 0.29) is 18.0 Å². The van der Waals surface area contributed by atoms with Crippen LogP contribution in [0.3, 0.4) is 0 Å². The van der Waals surface area contributed by atoms with Crippen molar-refractivity contribution in [2.45, 2.75) is 37.8 Å². The van der Waals surface area contributed by atoms with Gasteiger partial charge in [-0.15, -0.1) is 0 Å². The van der Waals surface area contributed by atoms with E-state index in [1.807, 2.05) is 6.07 Å². The third kappa shape index (κ3) is 5.49. The monoisotopic (exact) mass is 470 g/mol. The van der Waals surface area contributed by atoms with Gasteiger partial charge in [0.05, 0.1) is 6.10 Å². The van der Waals surface area contributed by atoms with Gasteiger partial charge < -0.3 is 25.2 Å². The maximum Gasteiger partial charge on any atom is 0.322 e. The number of halogens is 1. The number of amides is 3. The van der Waals surface area contributed by atoms with Gasteiger partial charge in [-0.2, -0.15) is 0 Å². The number of anilines is 2. The zero-order valence-corrected chi connectivity index (χ0v) is 20.1. The summed E-state index contributed by atoms with van der Waals surface area (Å²) < 4.78 is 5.48. The predicted octanol–water partition coefficient (Wildman–Crippen LogP) is 4.19. The van der Waals surface area contributed by atoms with Crippen molar-refractivity contribution < 1.29 is 14.3 Å². The average molecular weight is 471 g/mol. The zero-order chi connectivity index (χ0) is 23.5. The van der Waals surface area contributed by atoms with Gasteiger partial charge in [0.2, 0.25) is 5.91 Å². The Morgan fingerprint density at radius 2 is 1.79 bits per heavy atom. The number of benzene rings is 2. The molecule has 2 aliphatic heterocycles. The lowest BCUT2D eigenvalue weighted by atomic mass is 9.94. The largest absolute Gasteiger partial charge is 0.380 e. The van der Waals surface area contributed by atoms with Crippen LogP contribution in [-0.2, 0) is 16.0 Å². The first-order valence-electron chi connectivity index (χ1n) is 11.3. The average Bonchev–Trinajstić information content (AvgIpc) is 3.19. The van der Waals surface area contributed by atoms with Crippen molar-refractivity contribution >= 4 is 34.9 Å². The van der Waals surface area contributed by atoms with Gasteiger partial charge in [0, 0.05) is 49.6 Å². The van der Waals surface area contributed by atoms with Gasteiger partial charge in [-0.05, 0) is 66.9 Å². The van der Waals surface area contributed by atoms with Crippen molar-refractivity contribution in [3.63, 3.8) is 0 Å². The smallest absolute Gasteiger partial charge is 0.322 e. The molecule has 2 aromatic carbocycles. The number of likely N-dealkylation sites (tertiary alicyclic amines) is 1. The number of fused-ring (bicyclic) bond motifs is 1. The van der Waals surface area contributed by atoms with E-state index >= 15 is 0 Å². The fraction of sp³-hybridized carbons (Fsp3) is 0.440. The number of carbonyl (C=O) groups excluding carboxylic acids is 2. The quantitative estimate of drug-likeness (QED) is 0.702. The lowest BCUT2D eigenvalue weighted by Crippen LogP contribution is -2.45. The highest BCUT2D eigenvalue weighted by Crippen LogP contribution is 2.29. The van der Waals surface area contributed by atoms with Gasteiger partial charge in [0.25, 0.3) is 0 Å². The van der Waals surface area contributed by atoms with E-state index in [4.69, 9.17) is 16.3 Å². The Kier molecular flexibility index (Phi) is 7.22. The molecule has 176 valence electrons. The first-order valence-corrected chi connectivity index (χ1v) is 11.7. The molecule has 0 aliphatic carbocycles. The molecule has 0 aromatic heterocycles. The van der Waals surface area contributed by atoms with Gasteiger partial charge >= 0.3 is 6.03 Å². The standard InChI is InChI=1S/C25H31ClN4O3/c1-16-14-29(2)11-10-17-4-7-20(12-22(16)17)27-24(31)23-13-21(33-3)15-30(23)25(32)28-19-8-5-18(26)6-9-19/h4-9,12,16,21,23H,10-11,13-15H2,1-3H3,(H,27,31)(H,28,32)/t16-,21-,23-/m1/s1. The van der Waals surface area contributed by atoms with Crippen molar-refractivity contribution in [3.05, 3.63) is 58.6 Å². The second-order valence-electron chi connectivity index (χ2n) is 9.01. The number of likely N-dealkylation sites (N-methyl/N-ethyl adjacent to an activating group) is 1. The van der Waals surface area contributed by atoms with Crippen LogP contribution in [0.4, 0.5) is 16.2 Å². The van der Waals surface area contributed by atoms with Gasteiger partial charge in [-0.3, -0.25) is 4.79 Å². The molecule has 7 nitrogen and oxygen atoms in total. The first-order chi connectivity index (χ1) is 15.8. The fourth-order valence-electron chi connectivity index (χ4n) is 4.72. The topological polar surface area (TPSA) is 73.9 Å². The third-order valence-electron chi connectivity index (χ3n) is 6.55. The number of hydrogen-bond donors (Lipinski definition) is 2. The first kappa shape index (κ1) is 23.5. The summed E-state index contributed by atoms with van der Waals surface area (Å²) in [6.07, 6.45) is 1.25. The molecule has 33 heavy (non-hydrogen) atoms. The number of carbonyl (C=O) groups is 2. The van der Waals surface area contributed by atoms with Crippen LogP contribution in [0.25, 0.3) is 0 Å². The van der Waals surface area contributed by atoms with Crippen LogP contribution in [0.5, 0.6) is 0 Å². The highest BCUT2D eigenvalue weighted by Gasteiger charge is 2.40. The summed E-state index contributed by atoms with van der Waals surface area (Å²) in [5.41, 5.74) is 3.98. The summed E-state index contributed by atoms with van der Waals surface area (Å²) in [6.45, 7) is 4.58. The Labute approximate surface area is 200 Å². The van der Waals surface area contributed by atoms with Crippen LogP contribution in [0.1, 0.15) is 30.4 Å². The molecular formula is C25H31ClN4O3. The molecule has 0 spiro atoms. The number of hydrogen-bond acceptors (Lipinski definition) is 4. The Balaban J connectivity index is 1.48. The highest BCUT2D eigenvalue weighted by molar-refractivity contribution is 6.30. The van der Waals surface area contributed by atoms with Crippen LogP contribution >= 0.6 is 11.6 Å². The van der Waals surface area contributed by atoms with Crippen LogP contribution in [-0.4, -0.2) is 67.7 Å². The predicted molar refractivity (Wildman–Crippen MR) is 131 cm³/mol. The number of rotatable bonds is 4. The Morgan fingerprint density at radius 3 is 2.52 bits per heavy atom. The minimum absolute atomic E-state index is 0.195. The number of ether oxygens (including phenoxy) is 1. The molecule has 2 aliphatic rings. The summed E-state index contributed by atoms with van der Waals surface area (Å²) in [7, 11) is 3.74. The Morgan fingerprint density at radius 1 is 1.06 bits per heavy atom. The molecule has 3 amide bonds. The summed E-state index contributed by atoms with van der Waals surface area (Å²) in [6, 6.07) is 12.1. The molecule has 3 atom stereocenters. The molecular weight excluding hydrogens is 440 g/mol. The molecule has 0 bridgehead atoms. The molecule has 2 aromatic rings. The van der Waals surface area contributed by atoms with E-state index in [2.05, 4.69) is 41.6 Å². The van der Waals surface area contributed by atoms with Gasteiger partial charge in [0.15, 0.2) is 0 Å². The van der Waals surface area contributed by atoms with E-state index in [0.717, 1.165) is 25.2 Å². The van der Waals surface area contributed by atoms with Crippen molar-refractivity contribution in [2.24, 2.45) is 0 Å². The van der Waals surface area contributed by atoms with Crippen LogP contribution < -0.4 is 10.6 Å². The molecule has 0 unspecified atom stereocenters.